The number of ketones is 1. The molecule has 1 fully saturated rings. The summed E-state index contributed by atoms with van der Waals surface area (Å²) in [6.07, 6.45) is -0.935. The van der Waals surface area contributed by atoms with Crippen molar-refractivity contribution < 1.29 is 27.9 Å². The number of para-hydroxylation sites is 1. The number of likely N-dealkylation sites (N-methyl/N-ethyl adjacent to an activating group) is 1. The highest BCUT2D eigenvalue weighted by Crippen LogP contribution is 2.39. The van der Waals surface area contributed by atoms with Gasteiger partial charge in [0.1, 0.15) is 0 Å². The van der Waals surface area contributed by atoms with Gasteiger partial charge >= 0.3 is 6.18 Å². The number of carbonyl (C=O) groups excluding carboxylic acids is 2. The number of allylic oxidation sites excluding steroid dienone is 1. The molecule has 3 atom stereocenters. The highest BCUT2D eigenvalue weighted by Gasteiger charge is 2.51. The van der Waals surface area contributed by atoms with Gasteiger partial charge in [-0.05, 0) is 43.4 Å². The van der Waals surface area contributed by atoms with Gasteiger partial charge in [0, 0.05) is 24.1 Å². The Morgan fingerprint density at radius 3 is 2.49 bits per heavy atom. The number of fused-ring (bicyclic) bond motifs is 1. The number of Topliss-reactive ketones (excluding diaryl/α,β-unsaturated/α-hetero) is 1. The predicted molar refractivity (Wildman–Crippen MR) is 135 cm³/mol. The van der Waals surface area contributed by atoms with E-state index in [1.807, 2.05) is 0 Å². The summed E-state index contributed by atoms with van der Waals surface area (Å²) < 4.78 is 39.6. The molecular formula is C28H30F3N3O3. The monoisotopic (exact) mass is 513 g/mol. The van der Waals surface area contributed by atoms with E-state index in [4.69, 9.17) is 5.73 Å². The van der Waals surface area contributed by atoms with Gasteiger partial charge < -0.3 is 10.0 Å². The molecule has 0 spiro atoms. The Hall–Kier alpha value is -3.30. The van der Waals surface area contributed by atoms with Gasteiger partial charge in [-0.3, -0.25) is 15.3 Å². The quantitative estimate of drug-likeness (QED) is 0.382. The van der Waals surface area contributed by atoms with E-state index in [0.29, 0.717) is 24.1 Å². The Kier molecular flexibility index (Phi) is 7.39. The van der Waals surface area contributed by atoms with Crippen molar-refractivity contribution in [3.05, 3.63) is 77.9 Å². The minimum Gasteiger partial charge on any atom is -0.392 e. The lowest BCUT2D eigenvalue weighted by molar-refractivity contribution is -0.139. The SMILES string of the molecule is C=CCC[C@H](O)[C@@H](CC1CC1)C(=O)C1(N)N=C(c2ccc(C(F)(F)F)cc2)c2ccccc2N(C)C1=O. The van der Waals surface area contributed by atoms with Gasteiger partial charge in [-0.2, -0.15) is 13.2 Å². The normalized spacial score (nSPS) is 21.5. The van der Waals surface area contributed by atoms with E-state index < -0.39 is 41.1 Å². The van der Waals surface area contributed by atoms with Crippen LogP contribution in [0.2, 0.25) is 0 Å². The Balaban J connectivity index is 1.84. The molecule has 1 unspecified atom stereocenters. The third-order valence-electron chi connectivity index (χ3n) is 7.05. The first-order valence-corrected chi connectivity index (χ1v) is 12.2. The third-order valence-corrected chi connectivity index (χ3v) is 7.05. The number of aliphatic hydroxyl groups is 1. The average Bonchev–Trinajstić information content (AvgIpc) is 3.71. The van der Waals surface area contributed by atoms with Crippen LogP contribution in [0.5, 0.6) is 0 Å². The second-order valence-electron chi connectivity index (χ2n) is 9.77. The first kappa shape index (κ1) is 26.8. The summed E-state index contributed by atoms with van der Waals surface area (Å²) in [7, 11) is 1.48. The first-order valence-electron chi connectivity index (χ1n) is 12.2. The lowest BCUT2D eigenvalue weighted by atomic mass is 9.83. The molecule has 6 nitrogen and oxygen atoms in total. The van der Waals surface area contributed by atoms with Crippen molar-refractivity contribution >= 4 is 23.1 Å². The number of aliphatic imine (C=N–C) groups is 1. The number of alkyl halides is 3. The van der Waals surface area contributed by atoms with Crippen molar-refractivity contribution in [2.75, 3.05) is 11.9 Å². The second kappa shape index (κ2) is 10.2. The molecule has 0 radical (unpaired) electrons. The maximum atomic E-state index is 14.0. The van der Waals surface area contributed by atoms with Crippen LogP contribution in [0.1, 0.15) is 48.8 Å². The fourth-order valence-corrected chi connectivity index (χ4v) is 4.74. The number of halogens is 3. The molecule has 2 aromatic rings. The zero-order valence-electron chi connectivity index (χ0n) is 20.5. The molecule has 0 aromatic heterocycles. The van der Waals surface area contributed by atoms with Crippen molar-refractivity contribution in [2.24, 2.45) is 22.6 Å². The molecule has 3 N–H and O–H groups in total. The van der Waals surface area contributed by atoms with E-state index >= 15 is 0 Å². The lowest BCUT2D eigenvalue weighted by Crippen LogP contribution is -2.61. The number of benzene rings is 2. The summed E-state index contributed by atoms with van der Waals surface area (Å²) in [5.74, 6) is -2.15. The molecule has 37 heavy (non-hydrogen) atoms. The van der Waals surface area contributed by atoms with Crippen molar-refractivity contribution in [1.82, 2.24) is 0 Å². The van der Waals surface area contributed by atoms with Gasteiger partial charge in [-0.15, -0.1) is 6.58 Å². The fourth-order valence-electron chi connectivity index (χ4n) is 4.74. The molecule has 2 aliphatic rings. The summed E-state index contributed by atoms with van der Waals surface area (Å²) >= 11 is 0. The number of rotatable bonds is 9. The first-order chi connectivity index (χ1) is 17.5. The molecule has 4 rings (SSSR count). The van der Waals surface area contributed by atoms with Gasteiger partial charge in [-0.25, -0.2) is 4.99 Å². The molecule has 1 aliphatic heterocycles. The molecule has 1 aliphatic carbocycles. The lowest BCUT2D eigenvalue weighted by Gasteiger charge is -2.31. The average molecular weight is 514 g/mol. The third kappa shape index (κ3) is 5.38. The number of hydrogen-bond acceptors (Lipinski definition) is 5. The van der Waals surface area contributed by atoms with E-state index in [9.17, 15) is 27.9 Å². The highest BCUT2D eigenvalue weighted by atomic mass is 19.4. The largest absolute Gasteiger partial charge is 0.416 e. The Labute approximate surface area is 213 Å². The van der Waals surface area contributed by atoms with E-state index in [0.717, 1.165) is 25.0 Å². The molecule has 1 amide bonds. The number of nitrogens with two attached hydrogens (primary N) is 1. The summed E-state index contributed by atoms with van der Waals surface area (Å²) in [5.41, 5.74) is 4.62. The van der Waals surface area contributed by atoms with Gasteiger partial charge in [0.05, 0.1) is 23.1 Å². The number of hydrogen-bond donors (Lipinski definition) is 2. The molecule has 9 heteroatoms. The van der Waals surface area contributed by atoms with E-state index in [1.54, 1.807) is 30.3 Å². The predicted octanol–water partition coefficient (Wildman–Crippen LogP) is 4.49. The maximum absolute atomic E-state index is 14.0. The zero-order chi connectivity index (χ0) is 27.0. The number of benzodiazepines with no additional fused rings is 1. The molecular weight excluding hydrogens is 483 g/mol. The second-order valence-corrected chi connectivity index (χ2v) is 9.77. The van der Waals surface area contributed by atoms with Crippen LogP contribution < -0.4 is 10.6 Å². The minimum absolute atomic E-state index is 0.128. The number of amides is 1. The number of aliphatic hydroxyl groups excluding tert-OH is 1. The van der Waals surface area contributed by atoms with Crippen LogP contribution in [0, 0.1) is 11.8 Å². The van der Waals surface area contributed by atoms with Gasteiger partial charge in [0.25, 0.3) is 5.91 Å². The molecule has 2 aromatic carbocycles. The summed E-state index contributed by atoms with van der Waals surface area (Å²) in [6.45, 7) is 3.66. The van der Waals surface area contributed by atoms with Crippen molar-refractivity contribution in [3.63, 3.8) is 0 Å². The van der Waals surface area contributed by atoms with Crippen molar-refractivity contribution in [3.8, 4) is 0 Å². The van der Waals surface area contributed by atoms with Crippen LogP contribution >= 0.6 is 0 Å². The van der Waals surface area contributed by atoms with Gasteiger partial charge in [-0.1, -0.05) is 49.2 Å². The van der Waals surface area contributed by atoms with Crippen molar-refractivity contribution in [1.29, 1.82) is 0 Å². The molecule has 1 saturated carbocycles. The van der Waals surface area contributed by atoms with E-state index in [1.165, 1.54) is 24.1 Å². The van der Waals surface area contributed by atoms with Crippen LogP contribution in [-0.2, 0) is 15.8 Å². The molecule has 0 bridgehead atoms. The fraction of sp³-hybridized carbons (Fsp3) is 0.393. The summed E-state index contributed by atoms with van der Waals surface area (Å²) in [4.78, 5) is 33.4. The summed E-state index contributed by atoms with van der Waals surface area (Å²) in [5, 5.41) is 10.9. The standard InChI is InChI=1S/C28H30F3N3O3/c1-3-4-9-23(35)21(16-17-10-11-17)25(36)27(32)26(37)34(2)22-8-6-5-7-20(22)24(33-27)18-12-14-19(15-13-18)28(29,30)31/h3,5-8,12-15,17,21,23,35H,1,4,9-11,16,32H2,2H3/t21-,23+,27?/m1/s1. The van der Waals surface area contributed by atoms with Gasteiger partial charge in [0.15, 0.2) is 5.78 Å². The Morgan fingerprint density at radius 2 is 1.89 bits per heavy atom. The zero-order valence-corrected chi connectivity index (χ0v) is 20.5. The van der Waals surface area contributed by atoms with Crippen molar-refractivity contribution in [2.45, 2.75) is 50.0 Å². The Bertz CT molecular complexity index is 1220. The topological polar surface area (TPSA) is 96.0 Å². The number of anilines is 1. The van der Waals surface area contributed by atoms with Crippen LogP contribution in [0.3, 0.4) is 0 Å². The molecule has 1 heterocycles. The smallest absolute Gasteiger partial charge is 0.392 e. The molecule has 196 valence electrons. The maximum Gasteiger partial charge on any atom is 0.416 e. The molecule has 0 saturated heterocycles. The summed E-state index contributed by atoms with van der Waals surface area (Å²) in [6, 6.07) is 11.1. The number of carbonyl (C=O) groups is 2. The van der Waals surface area contributed by atoms with Gasteiger partial charge in [0.2, 0.25) is 5.66 Å². The highest BCUT2D eigenvalue weighted by molar-refractivity contribution is 6.26. The Morgan fingerprint density at radius 1 is 1.24 bits per heavy atom. The minimum atomic E-state index is -4.52. The van der Waals surface area contributed by atoms with E-state index in [2.05, 4.69) is 11.6 Å². The van der Waals surface area contributed by atoms with Crippen LogP contribution in [0.25, 0.3) is 0 Å². The number of nitrogens with zero attached hydrogens (tertiary/aromatic N) is 2. The van der Waals surface area contributed by atoms with Crippen LogP contribution in [0.4, 0.5) is 18.9 Å². The van der Waals surface area contributed by atoms with Crippen LogP contribution in [0.15, 0.2) is 66.2 Å². The van der Waals surface area contributed by atoms with E-state index in [-0.39, 0.29) is 23.6 Å². The van der Waals surface area contributed by atoms with Crippen LogP contribution in [-0.4, -0.2) is 41.3 Å².